The molecular weight excluding hydrogens is 344 g/mol. The lowest BCUT2D eigenvalue weighted by molar-refractivity contribution is -0.385. The summed E-state index contributed by atoms with van der Waals surface area (Å²) < 4.78 is 0. The van der Waals surface area contributed by atoms with Crippen molar-refractivity contribution in [2.75, 3.05) is 6.54 Å². The summed E-state index contributed by atoms with van der Waals surface area (Å²) in [6.07, 6.45) is 3.69. The fourth-order valence-corrected chi connectivity index (χ4v) is 3.21. The van der Waals surface area contributed by atoms with Crippen LogP contribution in [-0.2, 0) is 4.79 Å². The SMILES string of the molecule is O=C(CN1C(=O)c2cccc([N+](=O)[O-])c2C1=O)NC(=O)NC1CCCC1. The van der Waals surface area contributed by atoms with Gasteiger partial charge in [-0.1, -0.05) is 18.9 Å². The van der Waals surface area contributed by atoms with Crippen molar-refractivity contribution < 1.29 is 24.1 Å². The van der Waals surface area contributed by atoms with Gasteiger partial charge in [0, 0.05) is 12.1 Å². The number of imide groups is 2. The zero-order valence-electron chi connectivity index (χ0n) is 13.7. The third-order valence-electron chi connectivity index (χ3n) is 4.42. The molecular formula is C16H16N4O6. The molecule has 26 heavy (non-hydrogen) atoms. The molecule has 1 aliphatic heterocycles. The molecule has 1 fully saturated rings. The van der Waals surface area contributed by atoms with Crippen molar-refractivity contribution in [3.8, 4) is 0 Å². The number of nitrogens with zero attached hydrogens (tertiary/aromatic N) is 2. The van der Waals surface area contributed by atoms with Crippen molar-refractivity contribution in [3.05, 3.63) is 39.4 Å². The van der Waals surface area contributed by atoms with Crippen molar-refractivity contribution in [2.45, 2.75) is 31.7 Å². The Bertz CT molecular complexity index is 815. The van der Waals surface area contributed by atoms with Crippen molar-refractivity contribution >= 4 is 29.4 Å². The number of carbonyl (C=O) groups excluding carboxylic acids is 4. The molecule has 10 heteroatoms. The summed E-state index contributed by atoms with van der Waals surface area (Å²) in [5, 5.41) is 15.8. The van der Waals surface area contributed by atoms with E-state index in [-0.39, 0.29) is 17.2 Å². The van der Waals surface area contributed by atoms with Crippen LogP contribution in [0.15, 0.2) is 18.2 Å². The molecule has 1 heterocycles. The minimum Gasteiger partial charge on any atom is -0.335 e. The third-order valence-corrected chi connectivity index (χ3v) is 4.42. The van der Waals surface area contributed by atoms with Crippen LogP contribution in [0, 0.1) is 10.1 Å². The first-order valence-corrected chi connectivity index (χ1v) is 8.12. The second kappa shape index (κ2) is 6.90. The minimum atomic E-state index is -0.927. The van der Waals surface area contributed by atoms with E-state index >= 15 is 0 Å². The summed E-state index contributed by atoms with van der Waals surface area (Å²) in [4.78, 5) is 59.3. The molecule has 5 amide bonds. The highest BCUT2D eigenvalue weighted by Crippen LogP contribution is 2.30. The number of nitrogens with one attached hydrogen (secondary N) is 2. The molecule has 1 aromatic carbocycles. The second-order valence-electron chi connectivity index (χ2n) is 6.16. The molecule has 0 unspecified atom stereocenters. The normalized spacial score (nSPS) is 16.5. The van der Waals surface area contributed by atoms with Gasteiger partial charge in [-0.2, -0.15) is 0 Å². The van der Waals surface area contributed by atoms with Crippen molar-refractivity contribution in [1.82, 2.24) is 15.5 Å². The van der Waals surface area contributed by atoms with Crippen LogP contribution >= 0.6 is 0 Å². The van der Waals surface area contributed by atoms with Crippen LogP contribution in [0.3, 0.4) is 0 Å². The molecule has 0 bridgehead atoms. The van der Waals surface area contributed by atoms with Crippen LogP contribution < -0.4 is 10.6 Å². The first-order chi connectivity index (χ1) is 12.4. The Kier molecular flexibility index (Phi) is 4.65. The molecule has 2 aliphatic rings. The van der Waals surface area contributed by atoms with E-state index in [0.717, 1.165) is 31.7 Å². The summed E-state index contributed by atoms with van der Waals surface area (Å²) in [5.41, 5.74) is -0.971. The Balaban J connectivity index is 1.67. The third kappa shape index (κ3) is 3.25. The fourth-order valence-electron chi connectivity index (χ4n) is 3.21. The number of hydrogen-bond donors (Lipinski definition) is 2. The van der Waals surface area contributed by atoms with Gasteiger partial charge in [-0.3, -0.25) is 34.7 Å². The number of amides is 5. The van der Waals surface area contributed by atoms with Gasteiger partial charge in [-0.15, -0.1) is 0 Å². The van der Waals surface area contributed by atoms with Gasteiger partial charge >= 0.3 is 6.03 Å². The number of fused-ring (bicyclic) bond motifs is 1. The standard InChI is InChI=1S/C16H16N4O6/c21-12(18-16(24)17-9-4-1-2-5-9)8-19-14(22)10-6-3-7-11(20(25)26)13(10)15(19)23/h3,6-7,9H,1-2,4-5,8H2,(H2,17,18,21,24). The number of hydrogen-bond acceptors (Lipinski definition) is 6. The van der Waals surface area contributed by atoms with Gasteiger partial charge in [0.2, 0.25) is 5.91 Å². The van der Waals surface area contributed by atoms with E-state index in [1.807, 2.05) is 0 Å². The van der Waals surface area contributed by atoms with E-state index in [4.69, 9.17) is 0 Å². The van der Waals surface area contributed by atoms with Gasteiger partial charge in [0.15, 0.2) is 0 Å². The second-order valence-corrected chi connectivity index (χ2v) is 6.16. The maximum Gasteiger partial charge on any atom is 0.321 e. The molecule has 1 aliphatic carbocycles. The highest BCUT2D eigenvalue weighted by Gasteiger charge is 2.41. The lowest BCUT2D eigenvalue weighted by Gasteiger charge is -2.15. The molecule has 0 spiro atoms. The summed E-state index contributed by atoms with van der Waals surface area (Å²) in [5.74, 6) is -2.58. The maximum absolute atomic E-state index is 12.4. The van der Waals surface area contributed by atoms with Crippen molar-refractivity contribution in [2.24, 2.45) is 0 Å². The molecule has 3 rings (SSSR count). The Morgan fingerprint density at radius 3 is 2.54 bits per heavy atom. The minimum absolute atomic E-state index is 0.00440. The number of urea groups is 1. The molecule has 136 valence electrons. The zero-order chi connectivity index (χ0) is 18.8. The van der Waals surface area contributed by atoms with Gasteiger partial charge in [0.25, 0.3) is 17.5 Å². The molecule has 0 atom stereocenters. The highest BCUT2D eigenvalue weighted by atomic mass is 16.6. The first kappa shape index (κ1) is 17.5. The Labute approximate surface area is 147 Å². The van der Waals surface area contributed by atoms with Crippen LogP contribution in [-0.4, -0.2) is 46.2 Å². The number of nitro groups is 1. The van der Waals surface area contributed by atoms with Gasteiger partial charge in [-0.05, 0) is 18.9 Å². The zero-order valence-corrected chi connectivity index (χ0v) is 13.7. The monoisotopic (exact) mass is 360 g/mol. The van der Waals surface area contributed by atoms with E-state index in [0.29, 0.717) is 4.90 Å². The predicted molar refractivity (Wildman–Crippen MR) is 87.4 cm³/mol. The van der Waals surface area contributed by atoms with Gasteiger partial charge in [0.1, 0.15) is 12.1 Å². The molecule has 0 aromatic heterocycles. The Morgan fingerprint density at radius 1 is 1.19 bits per heavy atom. The maximum atomic E-state index is 12.4. The molecule has 0 saturated heterocycles. The van der Waals surface area contributed by atoms with E-state index in [1.165, 1.54) is 12.1 Å². The Hall–Kier alpha value is -3.30. The molecule has 0 radical (unpaired) electrons. The molecule has 10 nitrogen and oxygen atoms in total. The lowest BCUT2D eigenvalue weighted by atomic mass is 10.1. The quantitative estimate of drug-likeness (QED) is 0.466. The number of rotatable bonds is 4. The summed E-state index contributed by atoms with van der Waals surface area (Å²) in [6.45, 7) is -0.693. The molecule has 1 saturated carbocycles. The van der Waals surface area contributed by atoms with Crippen LogP contribution in [0.5, 0.6) is 0 Å². The van der Waals surface area contributed by atoms with Crippen molar-refractivity contribution in [1.29, 1.82) is 0 Å². The van der Waals surface area contributed by atoms with Crippen LogP contribution in [0.25, 0.3) is 0 Å². The average molecular weight is 360 g/mol. The van der Waals surface area contributed by atoms with Crippen LogP contribution in [0.2, 0.25) is 0 Å². The summed E-state index contributed by atoms with van der Waals surface area (Å²) in [6, 6.07) is 3.01. The molecule has 1 aromatic rings. The highest BCUT2D eigenvalue weighted by molar-refractivity contribution is 6.24. The smallest absolute Gasteiger partial charge is 0.321 e. The van der Waals surface area contributed by atoms with Crippen LogP contribution in [0.1, 0.15) is 46.4 Å². The molecule has 2 N–H and O–H groups in total. The summed E-state index contributed by atoms with van der Waals surface area (Å²) >= 11 is 0. The van der Waals surface area contributed by atoms with E-state index in [2.05, 4.69) is 10.6 Å². The topological polar surface area (TPSA) is 139 Å². The number of carbonyl (C=O) groups is 4. The fraction of sp³-hybridized carbons (Fsp3) is 0.375. The van der Waals surface area contributed by atoms with Crippen molar-refractivity contribution in [3.63, 3.8) is 0 Å². The first-order valence-electron chi connectivity index (χ1n) is 8.12. The number of nitro benzene ring substituents is 1. The largest absolute Gasteiger partial charge is 0.335 e. The van der Waals surface area contributed by atoms with E-state index < -0.39 is 40.9 Å². The number of benzene rings is 1. The van der Waals surface area contributed by atoms with Gasteiger partial charge in [0.05, 0.1) is 10.5 Å². The predicted octanol–water partition coefficient (Wildman–Crippen LogP) is 0.959. The average Bonchev–Trinajstić information content (AvgIpc) is 3.17. The summed E-state index contributed by atoms with van der Waals surface area (Å²) in [7, 11) is 0. The van der Waals surface area contributed by atoms with E-state index in [9.17, 15) is 29.3 Å². The van der Waals surface area contributed by atoms with Gasteiger partial charge in [-0.25, -0.2) is 4.79 Å². The van der Waals surface area contributed by atoms with Crippen LogP contribution in [0.4, 0.5) is 10.5 Å². The lowest BCUT2D eigenvalue weighted by Crippen LogP contribution is -2.48. The Morgan fingerprint density at radius 2 is 1.88 bits per heavy atom. The van der Waals surface area contributed by atoms with Gasteiger partial charge < -0.3 is 5.32 Å². The van der Waals surface area contributed by atoms with E-state index in [1.54, 1.807) is 0 Å².